The quantitative estimate of drug-likeness (QED) is 0.853. The summed E-state index contributed by atoms with van der Waals surface area (Å²) in [7, 11) is 3.69. The normalized spacial score (nSPS) is 19.6. The Bertz CT molecular complexity index is 518. The Morgan fingerprint density at radius 2 is 2.19 bits per heavy atom. The molecule has 0 bridgehead atoms. The van der Waals surface area contributed by atoms with Gasteiger partial charge in [-0.25, -0.2) is 4.79 Å². The molecule has 1 aromatic heterocycles. The molecule has 7 heteroatoms. The largest absolute Gasteiger partial charge is 0.492 e. The van der Waals surface area contributed by atoms with Crippen molar-refractivity contribution >= 4 is 28.0 Å². The van der Waals surface area contributed by atoms with E-state index in [1.54, 1.807) is 14.0 Å². The molecule has 2 heterocycles. The molecule has 1 aliphatic heterocycles. The van der Waals surface area contributed by atoms with E-state index in [1.165, 1.54) is 11.3 Å². The Morgan fingerprint density at radius 3 is 2.76 bits per heavy atom. The van der Waals surface area contributed by atoms with Gasteiger partial charge in [-0.2, -0.15) is 0 Å². The molecule has 0 spiro atoms. The van der Waals surface area contributed by atoms with Crippen LogP contribution >= 0.6 is 11.3 Å². The minimum absolute atomic E-state index is 0.332. The van der Waals surface area contributed by atoms with E-state index in [-0.39, 0.29) is 5.97 Å². The molecule has 1 aromatic rings. The van der Waals surface area contributed by atoms with Gasteiger partial charge in [0.25, 0.3) is 0 Å². The lowest BCUT2D eigenvalue weighted by molar-refractivity contribution is 0.0533. The first-order valence-corrected chi connectivity index (χ1v) is 7.89. The topological polar surface area (TPSA) is 68.0 Å². The van der Waals surface area contributed by atoms with Crippen molar-refractivity contribution in [2.45, 2.75) is 19.9 Å². The van der Waals surface area contributed by atoms with Gasteiger partial charge in [0.15, 0.2) is 5.75 Å². The third-order valence-electron chi connectivity index (χ3n) is 3.64. The van der Waals surface area contributed by atoms with Crippen LogP contribution in [0.4, 0.5) is 10.7 Å². The first-order chi connectivity index (χ1) is 9.99. The maximum Gasteiger partial charge on any atom is 0.350 e. The summed E-state index contributed by atoms with van der Waals surface area (Å²) in [6.07, 6.45) is 0. The number of thiophene rings is 1. The van der Waals surface area contributed by atoms with Gasteiger partial charge in [0.05, 0.1) is 13.7 Å². The van der Waals surface area contributed by atoms with Crippen molar-refractivity contribution in [1.29, 1.82) is 0 Å². The molecule has 6 nitrogen and oxygen atoms in total. The summed E-state index contributed by atoms with van der Waals surface area (Å²) in [5, 5.41) is 0.915. The van der Waals surface area contributed by atoms with Crippen molar-refractivity contribution in [1.82, 2.24) is 4.90 Å². The average Bonchev–Trinajstić information content (AvgIpc) is 2.76. The fourth-order valence-electron chi connectivity index (χ4n) is 2.59. The molecule has 2 N–H and O–H groups in total. The number of ether oxygens (including phenoxy) is 2. The summed E-state index contributed by atoms with van der Waals surface area (Å²) in [6.45, 7) is 7.10. The van der Waals surface area contributed by atoms with E-state index in [0.717, 1.165) is 24.6 Å². The molecule has 1 unspecified atom stereocenters. The Hall–Kier alpha value is -1.47. The van der Waals surface area contributed by atoms with Crippen molar-refractivity contribution in [2.24, 2.45) is 0 Å². The summed E-state index contributed by atoms with van der Waals surface area (Å²) >= 11 is 1.35. The van der Waals surface area contributed by atoms with Gasteiger partial charge in [-0.15, -0.1) is 11.3 Å². The number of rotatable bonds is 4. The minimum Gasteiger partial charge on any atom is -0.492 e. The van der Waals surface area contributed by atoms with E-state index < -0.39 is 0 Å². The number of methoxy groups -OCH3 is 1. The van der Waals surface area contributed by atoms with Crippen LogP contribution in [0.2, 0.25) is 0 Å². The van der Waals surface area contributed by atoms with E-state index in [2.05, 4.69) is 23.8 Å². The zero-order chi connectivity index (χ0) is 15.6. The fraction of sp³-hybridized carbons (Fsp3) is 0.643. The zero-order valence-corrected chi connectivity index (χ0v) is 13.8. The van der Waals surface area contributed by atoms with Crippen molar-refractivity contribution < 1.29 is 14.3 Å². The number of carbonyl (C=O) groups is 1. The second-order valence-electron chi connectivity index (χ2n) is 5.21. The van der Waals surface area contributed by atoms with Crippen LogP contribution in [0.3, 0.4) is 0 Å². The average molecular weight is 313 g/mol. The minimum atomic E-state index is -0.383. The maximum absolute atomic E-state index is 12.0. The molecule has 0 saturated carbocycles. The van der Waals surface area contributed by atoms with Crippen molar-refractivity contribution in [3.8, 4) is 5.75 Å². The summed E-state index contributed by atoms with van der Waals surface area (Å²) < 4.78 is 10.5. The highest BCUT2D eigenvalue weighted by Gasteiger charge is 2.30. The second kappa shape index (κ2) is 6.53. The van der Waals surface area contributed by atoms with Gasteiger partial charge in [-0.05, 0) is 20.9 Å². The Morgan fingerprint density at radius 1 is 1.48 bits per heavy atom. The number of esters is 1. The number of anilines is 2. The van der Waals surface area contributed by atoms with Crippen molar-refractivity contribution in [3.63, 3.8) is 0 Å². The zero-order valence-electron chi connectivity index (χ0n) is 13.0. The standard InChI is InChI=1S/C14H23N3O3S/c1-5-20-14(18)12-10(15)11(19-4)13(21-12)17-7-6-16(3)8-9(17)2/h9H,5-8,15H2,1-4H3. The number of nitrogen functional groups attached to an aromatic ring is 1. The predicted molar refractivity (Wildman–Crippen MR) is 85.5 cm³/mol. The number of nitrogens with zero attached hydrogens (tertiary/aromatic N) is 2. The number of nitrogens with two attached hydrogens (primary N) is 1. The molecule has 0 aromatic carbocycles. The van der Waals surface area contributed by atoms with Crippen LogP contribution in [0, 0.1) is 0 Å². The van der Waals surface area contributed by atoms with E-state index in [4.69, 9.17) is 15.2 Å². The highest BCUT2D eigenvalue weighted by molar-refractivity contribution is 7.19. The van der Waals surface area contributed by atoms with Gasteiger partial charge >= 0.3 is 5.97 Å². The van der Waals surface area contributed by atoms with Crippen LogP contribution in [-0.2, 0) is 4.74 Å². The Balaban J connectivity index is 2.35. The van der Waals surface area contributed by atoms with Crippen LogP contribution in [0.1, 0.15) is 23.5 Å². The highest BCUT2D eigenvalue weighted by Crippen LogP contribution is 2.46. The van der Waals surface area contributed by atoms with Crippen LogP contribution < -0.4 is 15.4 Å². The van der Waals surface area contributed by atoms with Gasteiger partial charge in [0.2, 0.25) is 0 Å². The lowest BCUT2D eigenvalue weighted by atomic mass is 10.2. The molecule has 0 amide bonds. The molecule has 21 heavy (non-hydrogen) atoms. The lowest BCUT2D eigenvalue weighted by Gasteiger charge is -2.39. The van der Waals surface area contributed by atoms with Crippen LogP contribution in [0.25, 0.3) is 0 Å². The third kappa shape index (κ3) is 3.08. The molecule has 0 radical (unpaired) electrons. The van der Waals surface area contributed by atoms with Gasteiger partial charge in [-0.1, -0.05) is 0 Å². The SMILES string of the molecule is CCOC(=O)c1sc(N2CCN(C)CC2C)c(OC)c1N. The summed E-state index contributed by atoms with van der Waals surface area (Å²) in [5.41, 5.74) is 6.45. The highest BCUT2D eigenvalue weighted by atomic mass is 32.1. The first kappa shape index (κ1) is 15.9. The maximum atomic E-state index is 12.0. The van der Waals surface area contributed by atoms with Gasteiger partial charge < -0.3 is 25.0 Å². The number of hydrogen-bond donors (Lipinski definition) is 1. The molecule has 0 aliphatic carbocycles. The van der Waals surface area contributed by atoms with Crippen molar-refractivity contribution in [3.05, 3.63) is 4.88 Å². The van der Waals surface area contributed by atoms with Gasteiger partial charge in [0.1, 0.15) is 15.6 Å². The molecule has 1 aliphatic rings. The molecule has 118 valence electrons. The van der Waals surface area contributed by atoms with E-state index in [0.29, 0.717) is 29.0 Å². The molecular formula is C14H23N3O3S. The fourth-order valence-corrected chi connectivity index (χ4v) is 3.81. The van der Waals surface area contributed by atoms with E-state index in [1.807, 2.05) is 0 Å². The van der Waals surface area contributed by atoms with E-state index >= 15 is 0 Å². The predicted octanol–water partition coefficient (Wildman–Crippen LogP) is 1.66. The van der Waals surface area contributed by atoms with Crippen molar-refractivity contribution in [2.75, 3.05) is 51.0 Å². The number of likely N-dealkylation sites (N-methyl/N-ethyl adjacent to an activating group) is 1. The summed E-state index contributed by atoms with van der Waals surface area (Å²) in [6, 6.07) is 0.339. The molecule has 1 atom stereocenters. The third-order valence-corrected chi connectivity index (χ3v) is 4.84. The Labute approximate surface area is 129 Å². The van der Waals surface area contributed by atoms with Crippen LogP contribution in [-0.4, -0.2) is 57.3 Å². The number of hydrogen-bond acceptors (Lipinski definition) is 7. The summed E-state index contributed by atoms with van der Waals surface area (Å²) in [5.74, 6) is 0.200. The molecule has 2 rings (SSSR count). The second-order valence-corrected chi connectivity index (χ2v) is 6.21. The van der Waals surface area contributed by atoms with Gasteiger partial charge in [0, 0.05) is 25.7 Å². The van der Waals surface area contributed by atoms with E-state index in [9.17, 15) is 4.79 Å². The first-order valence-electron chi connectivity index (χ1n) is 7.08. The van der Waals surface area contributed by atoms with Crippen LogP contribution in [0.5, 0.6) is 5.75 Å². The van der Waals surface area contributed by atoms with Gasteiger partial charge in [-0.3, -0.25) is 0 Å². The monoisotopic (exact) mass is 313 g/mol. The smallest absolute Gasteiger partial charge is 0.350 e. The summed E-state index contributed by atoms with van der Waals surface area (Å²) in [4.78, 5) is 17.0. The molecular weight excluding hydrogens is 290 g/mol. The number of carbonyl (C=O) groups excluding carboxylic acids is 1. The molecule has 1 fully saturated rings. The Kier molecular flexibility index (Phi) is 4.95. The molecule has 1 saturated heterocycles. The van der Waals surface area contributed by atoms with Crippen LogP contribution in [0.15, 0.2) is 0 Å². The number of piperazine rings is 1. The lowest BCUT2D eigenvalue weighted by Crippen LogP contribution is -2.50.